The fourth-order valence-electron chi connectivity index (χ4n) is 1.57. The molecule has 0 atom stereocenters. The van der Waals surface area contributed by atoms with E-state index in [1.54, 1.807) is 0 Å². The van der Waals surface area contributed by atoms with E-state index < -0.39 is 11.1 Å². The van der Waals surface area contributed by atoms with E-state index in [0.717, 1.165) is 30.7 Å². The Morgan fingerprint density at radius 2 is 1.95 bits per heavy atom. The van der Waals surface area contributed by atoms with Crippen LogP contribution < -0.4 is 0 Å². The first-order valence-electron chi connectivity index (χ1n) is 5.81. The molecule has 1 aromatic rings. The van der Waals surface area contributed by atoms with Crippen molar-refractivity contribution in [2.24, 2.45) is 5.92 Å². The Bertz CT molecular complexity index is 504. The Kier molecular flexibility index (Phi) is 6.50. The van der Waals surface area contributed by atoms with Gasteiger partial charge in [0.25, 0.3) is 5.24 Å². The van der Waals surface area contributed by atoms with Gasteiger partial charge in [0.1, 0.15) is 5.82 Å². The van der Waals surface area contributed by atoms with Crippen molar-refractivity contribution in [1.29, 1.82) is 0 Å². The molecule has 0 heterocycles. The van der Waals surface area contributed by atoms with Crippen molar-refractivity contribution in [3.63, 3.8) is 0 Å². The van der Waals surface area contributed by atoms with Gasteiger partial charge >= 0.3 is 0 Å². The molecule has 0 radical (unpaired) electrons. The second-order valence-corrected chi connectivity index (χ2v) is 6.21. The van der Waals surface area contributed by atoms with Crippen molar-refractivity contribution in [3.8, 4) is 0 Å². The molecule has 0 aliphatic heterocycles. The minimum atomic E-state index is -0.873. The predicted molar refractivity (Wildman–Crippen MR) is 79.2 cm³/mol. The summed E-state index contributed by atoms with van der Waals surface area (Å²) in [6.07, 6.45) is 1.50. The average molecular weight is 368 g/mol. The number of carbonyl (C=O) groups excluding carboxylic acids is 2. The van der Waals surface area contributed by atoms with Crippen LogP contribution in [0.25, 0.3) is 0 Å². The van der Waals surface area contributed by atoms with Gasteiger partial charge in [-0.1, -0.05) is 25.6 Å². The standard InChI is InChI=1S/C13H13BrClFO2S/c1-3-7(4-2)13(18)19-11-5-8(12(15)17)10(16)6-9(11)14/h5-7H,3-4H2,1-2H3. The van der Waals surface area contributed by atoms with Gasteiger partial charge in [0.05, 0.1) is 5.56 Å². The Morgan fingerprint density at radius 3 is 2.42 bits per heavy atom. The first kappa shape index (κ1) is 16.7. The highest BCUT2D eigenvalue weighted by atomic mass is 79.9. The summed E-state index contributed by atoms with van der Waals surface area (Å²) >= 11 is 9.49. The normalized spacial score (nSPS) is 10.8. The van der Waals surface area contributed by atoms with E-state index in [-0.39, 0.29) is 16.6 Å². The number of rotatable bonds is 5. The summed E-state index contributed by atoms with van der Waals surface area (Å²) in [6.45, 7) is 3.89. The zero-order valence-corrected chi connectivity index (χ0v) is 13.7. The Morgan fingerprint density at radius 1 is 1.37 bits per heavy atom. The lowest BCUT2D eigenvalue weighted by Gasteiger charge is -2.11. The summed E-state index contributed by atoms with van der Waals surface area (Å²) in [7, 11) is 0. The van der Waals surface area contributed by atoms with Crippen LogP contribution in [-0.4, -0.2) is 10.4 Å². The van der Waals surface area contributed by atoms with Crippen LogP contribution in [0.1, 0.15) is 37.0 Å². The molecule has 0 amide bonds. The molecule has 0 N–H and O–H groups in total. The molecule has 0 unspecified atom stereocenters. The largest absolute Gasteiger partial charge is 0.287 e. The first-order valence-corrected chi connectivity index (χ1v) is 7.79. The number of halogens is 3. The third-order valence-electron chi connectivity index (χ3n) is 2.76. The summed E-state index contributed by atoms with van der Waals surface area (Å²) in [5, 5.41) is -0.868. The van der Waals surface area contributed by atoms with Crippen LogP contribution in [0.3, 0.4) is 0 Å². The summed E-state index contributed by atoms with van der Waals surface area (Å²) in [6, 6.07) is 2.46. The molecule has 6 heteroatoms. The fourth-order valence-corrected chi connectivity index (χ4v) is 3.32. The van der Waals surface area contributed by atoms with Crippen LogP contribution in [0.15, 0.2) is 21.5 Å². The van der Waals surface area contributed by atoms with Crippen LogP contribution in [-0.2, 0) is 4.79 Å². The third-order valence-corrected chi connectivity index (χ3v) is 4.98. The first-order chi connectivity index (χ1) is 8.90. The van der Waals surface area contributed by atoms with E-state index in [2.05, 4.69) is 15.9 Å². The van der Waals surface area contributed by atoms with Crippen LogP contribution in [0, 0.1) is 11.7 Å². The van der Waals surface area contributed by atoms with Crippen molar-refractivity contribution in [1.82, 2.24) is 0 Å². The monoisotopic (exact) mass is 366 g/mol. The molecular weight excluding hydrogens is 355 g/mol. The molecule has 0 aliphatic rings. The zero-order chi connectivity index (χ0) is 14.6. The Labute approximate surface area is 129 Å². The highest BCUT2D eigenvalue weighted by Gasteiger charge is 2.19. The molecule has 0 spiro atoms. The van der Waals surface area contributed by atoms with Gasteiger partial charge in [-0.25, -0.2) is 4.39 Å². The number of carbonyl (C=O) groups is 2. The van der Waals surface area contributed by atoms with E-state index in [9.17, 15) is 14.0 Å². The smallest absolute Gasteiger partial charge is 0.255 e. The van der Waals surface area contributed by atoms with Crippen molar-refractivity contribution < 1.29 is 14.0 Å². The highest BCUT2D eigenvalue weighted by molar-refractivity contribution is 9.10. The molecule has 0 aromatic heterocycles. The van der Waals surface area contributed by atoms with Crippen molar-refractivity contribution in [2.75, 3.05) is 0 Å². The van der Waals surface area contributed by atoms with Crippen LogP contribution in [0.2, 0.25) is 0 Å². The topological polar surface area (TPSA) is 34.1 Å². The Hall–Kier alpha value is -0.390. The van der Waals surface area contributed by atoms with Crippen LogP contribution >= 0.6 is 39.3 Å². The summed E-state index contributed by atoms with van der Waals surface area (Å²) < 4.78 is 13.9. The van der Waals surface area contributed by atoms with E-state index in [1.807, 2.05) is 13.8 Å². The number of hydrogen-bond acceptors (Lipinski definition) is 3. The second-order valence-electron chi connectivity index (χ2n) is 3.97. The number of hydrogen-bond donors (Lipinski definition) is 0. The number of thioether (sulfide) groups is 1. The summed E-state index contributed by atoms with van der Waals surface area (Å²) in [5.41, 5.74) is -0.218. The van der Waals surface area contributed by atoms with E-state index in [4.69, 9.17) is 11.6 Å². The molecule has 104 valence electrons. The van der Waals surface area contributed by atoms with Crippen molar-refractivity contribution in [2.45, 2.75) is 31.6 Å². The van der Waals surface area contributed by atoms with E-state index >= 15 is 0 Å². The van der Waals surface area contributed by atoms with Gasteiger partial charge in [-0.05, 0) is 52.5 Å². The van der Waals surface area contributed by atoms with Gasteiger partial charge in [-0.2, -0.15) is 0 Å². The van der Waals surface area contributed by atoms with Crippen LogP contribution in [0.4, 0.5) is 4.39 Å². The van der Waals surface area contributed by atoms with E-state index in [1.165, 1.54) is 6.07 Å². The highest BCUT2D eigenvalue weighted by Crippen LogP contribution is 2.33. The Balaban J connectivity index is 3.04. The molecule has 0 bridgehead atoms. The molecule has 0 aliphatic carbocycles. The lowest BCUT2D eigenvalue weighted by molar-refractivity contribution is -0.114. The van der Waals surface area contributed by atoms with E-state index in [0.29, 0.717) is 9.37 Å². The van der Waals surface area contributed by atoms with Gasteiger partial charge in [-0.3, -0.25) is 9.59 Å². The van der Waals surface area contributed by atoms with Gasteiger partial charge < -0.3 is 0 Å². The van der Waals surface area contributed by atoms with Gasteiger partial charge in [0.15, 0.2) is 5.12 Å². The molecule has 0 saturated carbocycles. The molecular formula is C13H13BrClFO2S. The molecule has 1 rings (SSSR count). The lowest BCUT2D eigenvalue weighted by Crippen LogP contribution is -2.08. The molecule has 0 saturated heterocycles. The minimum absolute atomic E-state index is 0.00489. The predicted octanol–water partition coefficient (Wildman–Crippen LogP) is 5.02. The minimum Gasteiger partial charge on any atom is -0.287 e. The molecule has 0 fully saturated rings. The van der Waals surface area contributed by atoms with Gasteiger partial charge in [0, 0.05) is 15.3 Å². The summed E-state index contributed by atoms with van der Waals surface area (Å²) in [4.78, 5) is 23.6. The molecule has 1 aromatic carbocycles. The van der Waals surface area contributed by atoms with Crippen molar-refractivity contribution >= 4 is 49.7 Å². The fraction of sp³-hybridized carbons (Fsp3) is 0.385. The van der Waals surface area contributed by atoms with Crippen LogP contribution in [0.5, 0.6) is 0 Å². The second kappa shape index (κ2) is 7.41. The maximum Gasteiger partial charge on any atom is 0.255 e. The quantitative estimate of drug-likeness (QED) is 0.541. The SMILES string of the molecule is CCC(CC)C(=O)Sc1cc(C(=O)Cl)c(F)cc1Br. The van der Waals surface area contributed by atoms with Gasteiger partial charge in [-0.15, -0.1) is 0 Å². The van der Waals surface area contributed by atoms with Gasteiger partial charge in [0.2, 0.25) is 0 Å². The lowest BCUT2D eigenvalue weighted by atomic mass is 10.1. The maximum absolute atomic E-state index is 13.5. The zero-order valence-electron chi connectivity index (χ0n) is 10.5. The molecule has 19 heavy (non-hydrogen) atoms. The maximum atomic E-state index is 13.5. The number of benzene rings is 1. The summed E-state index contributed by atoms with van der Waals surface area (Å²) in [5.74, 6) is -0.747. The average Bonchev–Trinajstić information content (AvgIpc) is 2.33. The molecule has 2 nitrogen and oxygen atoms in total. The third kappa shape index (κ3) is 4.29. The van der Waals surface area contributed by atoms with Crippen molar-refractivity contribution in [3.05, 3.63) is 28.0 Å².